The second kappa shape index (κ2) is 8.40. The minimum atomic E-state index is -1.95. The van der Waals surface area contributed by atoms with Gasteiger partial charge in [0.15, 0.2) is 5.60 Å². The Morgan fingerprint density at radius 1 is 1.17 bits per heavy atom. The van der Waals surface area contributed by atoms with E-state index in [0.29, 0.717) is 16.8 Å². The van der Waals surface area contributed by atoms with E-state index in [2.05, 4.69) is 20.6 Å². The van der Waals surface area contributed by atoms with Crippen LogP contribution in [0.4, 0.5) is 5.95 Å². The number of aromatic nitrogens is 3. The lowest BCUT2D eigenvalue weighted by atomic mass is 9.85. The maximum atomic E-state index is 12.9. The van der Waals surface area contributed by atoms with Crippen molar-refractivity contribution in [1.29, 1.82) is 0 Å². The molecule has 0 aliphatic heterocycles. The molecule has 3 rings (SSSR count). The third kappa shape index (κ3) is 4.33. The average Bonchev–Trinajstić information content (AvgIpc) is 3.21. The van der Waals surface area contributed by atoms with Crippen LogP contribution in [0.5, 0.6) is 0 Å². The highest BCUT2D eigenvalue weighted by molar-refractivity contribution is 5.91. The van der Waals surface area contributed by atoms with Crippen LogP contribution in [0.3, 0.4) is 0 Å². The van der Waals surface area contributed by atoms with Gasteiger partial charge >= 0.3 is 5.95 Å². The van der Waals surface area contributed by atoms with E-state index in [-0.39, 0.29) is 6.54 Å². The molecule has 0 saturated carbocycles. The Bertz CT molecular complexity index is 994. The molecule has 0 radical (unpaired) electrons. The lowest BCUT2D eigenvalue weighted by molar-refractivity contribution is -0.394. The van der Waals surface area contributed by atoms with E-state index < -0.39 is 22.4 Å². The molecule has 2 aromatic carbocycles. The van der Waals surface area contributed by atoms with E-state index in [1.54, 1.807) is 67.6 Å². The largest absolute Gasteiger partial charge is 0.490 e. The SMILES string of the molecule is C/C(Cn1cnc([N+](=O)[O-])n1)=N/NC(=O)C(O)(c1ccccc1)c1ccccc1. The molecule has 1 amide bonds. The van der Waals surface area contributed by atoms with Crippen molar-refractivity contribution in [3.63, 3.8) is 0 Å². The lowest BCUT2D eigenvalue weighted by Gasteiger charge is -2.27. The van der Waals surface area contributed by atoms with E-state index in [1.807, 2.05) is 0 Å². The van der Waals surface area contributed by atoms with Gasteiger partial charge in [-0.05, 0) is 23.0 Å². The molecule has 0 saturated heterocycles. The third-order valence-electron chi connectivity index (χ3n) is 4.14. The van der Waals surface area contributed by atoms with Crippen LogP contribution < -0.4 is 5.43 Å². The summed E-state index contributed by atoms with van der Waals surface area (Å²) in [6.45, 7) is 1.69. The molecule has 10 nitrogen and oxygen atoms in total. The summed E-state index contributed by atoms with van der Waals surface area (Å²) in [4.78, 5) is 26.4. The summed E-state index contributed by atoms with van der Waals surface area (Å²) >= 11 is 0. The number of amides is 1. The first-order valence-electron chi connectivity index (χ1n) is 8.62. The molecule has 148 valence electrons. The molecule has 3 aromatic rings. The van der Waals surface area contributed by atoms with E-state index >= 15 is 0 Å². The van der Waals surface area contributed by atoms with Crippen LogP contribution in [0, 0.1) is 10.1 Å². The maximum absolute atomic E-state index is 12.9. The number of carbonyl (C=O) groups is 1. The number of aliphatic hydroxyl groups is 1. The Hall–Kier alpha value is -3.92. The standard InChI is InChI=1S/C19H18N6O4/c1-14(12-24-13-20-18(23-24)25(28)29)21-22-17(26)19(27,15-8-4-2-5-9-15)16-10-6-3-7-11-16/h2-11,13,27H,12H2,1H3,(H,22,26)/b21-14-. The predicted octanol–water partition coefficient (Wildman–Crippen LogP) is 1.61. The molecule has 10 heteroatoms. The summed E-state index contributed by atoms with van der Waals surface area (Å²) in [5.41, 5.74) is 1.62. The van der Waals surface area contributed by atoms with E-state index in [0.717, 1.165) is 0 Å². The second-order valence-electron chi connectivity index (χ2n) is 6.23. The average molecular weight is 394 g/mol. The summed E-state index contributed by atoms with van der Waals surface area (Å²) in [6.07, 6.45) is 1.20. The normalized spacial score (nSPS) is 11.9. The third-order valence-corrected chi connectivity index (χ3v) is 4.14. The first-order chi connectivity index (χ1) is 13.9. The molecule has 0 spiro atoms. The zero-order chi connectivity index (χ0) is 20.9. The molecule has 0 unspecified atom stereocenters. The topological polar surface area (TPSA) is 136 Å². The van der Waals surface area contributed by atoms with Gasteiger partial charge in [-0.1, -0.05) is 65.6 Å². The molecule has 0 aliphatic carbocycles. The minimum Gasteiger partial charge on any atom is -0.390 e. The number of benzene rings is 2. The number of rotatable bonds is 7. The number of nitro groups is 1. The number of hydrogen-bond acceptors (Lipinski definition) is 7. The maximum Gasteiger partial charge on any atom is 0.490 e. The zero-order valence-corrected chi connectivity index (χ0v) is 15.5. The van der Waals surface area contributed by atoms with Crippen LogP contribution in [0.1, 0.15) is 18.1 Å². The Balaban J connectivity index is 1.81. The number of nitrogens with one attached hydrogen (secondary N) is 1. The van der Waals surface area contributed by atoms with Gasteiger partial charge in [-0.25, -0.2) is 5.43 Å². The molecule has 0 atom stereocenters. The van der Waals surface area contributed by atoms with Crippen LogP contribution in [-0.4, -0.2) is 36.4 Å². The summed E-state index contributed by atoms with van der Waals surface area (Å²) in [5.74, 6) is -1.26. The highest BCUT2D eigenvalue weighted by Crippen LogP contribution is 2.29. The van der Waals surface area contributed by atoms with Crippen molar-refractivity contribution < 1.29 is 14.8 Å². The van der Waals surface area contributed by atoms with Crippen LogP contribution in [-0.2, 0) is 16.9 Å². The monoisotopic (exact) mass is 394 g/mol. The number of nitrogens with zero attached hydrogens (tertiary/aromatic N) is 5. The highest BCUT2D eigenvalue weighted by atomic mass is 16.6. The molecule has 0 bridgehead atoms. The van der Waals surface area contributed by atoms with Crippen molar-refractivity contribution in [3.05, 3.63) is 88.2 Å². The fourth-order valence-electron chi connectivity index (χ4n) is 2.73. The fourth-order valence-corrected chi connectivity index (χ4v) is 2.73. The van der Waals surface area contributed by atoms with Crippen molar-refractivity contribution in [2.24, 2.45) is 5.10 Å². The van der Waals surface area contributed by atoms with E-state index in [1.165, 1.54) is 11.0 Å². The Labute approximate surface area is 165 Å². The molecule has 1 heterocycles. The zero-order valence-electron chi connectivity index (χ0n) is 15.5. The first kappa shape index (κ1) is 19.8. The summed E-state index contributed by atoms with van der Waals surface area (Å²) in [7, 11) is 0. The van der Waals surface area contributed by atoms with Gasteiger partial charge < -0.3 is 15.2 Å². The molecule has 1 aromatic heterocycles. The van der Waals surface area contributed by atoms with Gasteiger partial charge in [0.1, 0.15) is 0 Å². The second-order valence-corrected chi connectivity index (χ2v) is 6.23. The van der Waals surface area contributed by atoms with E-state index in [9.17, 15) is 20.0 Å². The number of carbonyl (C=O) groups excluding carboxylic acids is 1. The highest BCUT2D eigenvalue weighted by Gasteiger charge is 2.39. The van der Waals surface area contributed by atoms with Crippen LogP contribution in [0.25, 0.3) is 0 Å². The molecule has 29 heavy (non-hydrogen) atoms. The van der Waals surface area contributed by atoms with Crippen LogP contribution >= 0.6 is 0 Å². The molecule has 2 N–H and O–H groups in total. The van der Waals surface area contributed by atoms with Gasteiger partial charge in [-0.15, -0.1) is 0 Å². The minimum absolute atomic E-state index is 0.0796. The van der Waals surface area contributed by atoms with Crippen molar-refractivity contribution in [1.82, 2.24) is 20.2 Å². The van der Waals surface area contributed by atoms with Gasteiger partial charge in [0, 0.05) is 5.10 Å². The molecule has 0 fully saturated rings. The van der Waals surface area contributed by atoms with Crippen LogP contribution in [0.15, 0.2) is 72.1 Å². The van der Waals surface area contributed by atoms with Crippen LogP contribution in [0.2, 0.25) is 0 Å². The Morgan fingerprint density at radius 3 is 2.21 bits per heavy atom. The summed E-state index contributed by atoms with van der Waals surface area (Å²) < 4.78 is 1.23. The van der Waals surface area contributed by atoms with Gasteiger partial charge in [0.2, 0.25) is 6.33 Å². The number of hydrogen-bond donors (Lipinski definition) is 2. The predicted molar refractivity (Wildman–Crippen MR) is 104 cm³/mol. The van der Waals surface area contributed by atoms with E-state index in [4.69, 9.17) is 0 Å². The van der Waals surface area contributed by atoms with Crippen molar-refractivity contribution >= 4 is 17.6 Å². The number of hydrazone groups is 1. The lowest BCUT2D eigenvalue weighted by Crippen LogP contribution is -2.44. The summed E-state index contributed by atoms with van der Waals surface area (Å²) in [6, 6.07) is 17.1. The smallest absolute Gasteiger partial charge is 0.390 e. The molecular weight excluding hydrogens is 376 g/mol. The fraction of sp³-hybridized carbons (Fsp3) is 0.158. The first-order valence-corrected chi connectivity index (χ1v) is 8.62. The van der Waals surface area contributed by atoms with Crippen molar-refractivity contribution in [3.8, 4) is 0 Å². The van der Waals surface area contributed by atoms with Gasteiger partial charge in [-0.3, -0.25) is 4.79 Å². The Kier molecular flexibility index (Phi) is 5.74. The molecular formula is C19H18N6O4. The Morgan fingerprint density at radius 2 is 1.72 bits per heavy atom. The van der Waals surface area contributed by atoms with Gasteiger partial charge in [0.25, 0.3) is 5.91 Å². The quantitative estimate of drug-likeness (QED) is 0.355. The van der Waals surface area contributed by atoms with Crippen molar-refractivity contribution in [2.45, 2.75) is 19.1 Å². The summed E-state index contributed by atoms with van der Waals surface area (Å²) in [5, 5.41) is 29.6. The van der Waals surface area contributed by atoms with Gasteiger partial charge in [-0.2, -0.15) is 9.78 Å². The van der Waals surface area contributed by atoms with Crippen molar-refractivity contribution in [2.75, 3.05) is 0 Å². The van der Waals surface area contributed by atoms with Gasteiger partial charge in [0.05, 0.1) is 12.3 Å². The molecule has 0 aliphatic rings.